The summed E-state index contributed by atoms with van der Waals surface area (Å²) in [6.07, 6.45) is 1.89. The number of para-hydroxylation sites is 1. The molecule has 0 fully saturated rings. The fraction of sp³-hybridized carbons (Fsp3) is 0.238. The summed E-state index contributed by atoms with van der Waals surface area (Å²) in [6, 6.07) is 11.8. The number of thiazole rings is 1. The molecule has 8 heteroatoms. The lowest BCUT2D eigenvalue weighted by Crippen LogP contribution is -2.40. The quantitative estimate of drug-likeness (QED) is 0.503. The number of fused-ring (bicyclic) bond motifs is 2. The van der Waals surface area contributed by atoms with E-state index in [2.05, 4.69) is 16.0 Å². The Bertz CT molecular complexity index is 1270. The number of carbonyl (C=O) groups excluding carboxylic acids is 1. The number of benzene rings is 1. The highest BCUT2D eigenvalue weighted by Crippen LogP contribution is 2.32. The van der Waals surface area contributed by atoms with E-state index in [0.717, 1.165) is 28.4 Å². The fourth-order valence-electron chi connectivity index (χ4n) is 3.79. The SMILES string of the molecule is Cc1nc2c(-c3cccs3)nc(=O)n(CC(=O)N3CCCc4ccccc43)c2s1. The van der Waals surface area contributed by atoms with E-state index < -0.39 is 5.69 Å². The van der Waals surface area contributed by atoms with Crippen LogP contribution < -0.4 is 10.6 Å². The molecule has 3 aromatic heterocycles. The zero-order valence-corrected chi connectivity index (χ0v) is 17.4. The van der Waals surface area contributed by atoms with E-state index in [4.69, 9.17) is 0 Å². The average Bonchev–Trinajstić information content (AvgIpc) is 3.39. The molecule has 4 heterocycles. The van der Waals surface area contributed by atoms with Crippen LogP contribution in [0, 0.1) is 6.92 Å². The third-order valence-electron chi connectivity index (χ3n) is 5.08. The van der Waals surface area contributed by atoms with Crippen molar-refractivity contribution in [3.8, 4) is 10.6 Å². The first-order valence-electron chi connectivity index (χ1n) is 9.42. The summed E-state index contributed by atoms with van der Waals surface area (Å²) >= 11 is 2.95. The number of carbonyl (C=O) groups is 1. The second kappa shape index (κ2) is 7.20. The van der Waals surface area contributed by atoms with Gasteiger partial charge in [0.25, 0.3) is 0 Å². The maximum absolute atomic E-state index is 13.2. The monoisotopic (exact) mass is 422 g/mol. The van der Waals surface area contributed by atoms with Gasteiger partial charge in [-0.1, -0.05) is 24.3 Å². The van der Waals surface area contributed by atoms with Crippen LogP contribution in [-0.4, -0.2) is 27.0 Å². The standard InChI is InChI=1S/C21H18N4O2S2/c1-13-22-19-18(16-9-5-11-28-16)23-21(27)25(20(19)29-13)12-17(26)24-10-4-7-14-6-2-3-8-15(14)24/h2-3,5-6,8-9,11H,4,7,10,12H2,1H3. The Morgan fingerprint density at radius 3 is 2.86 bits per heavy atom. The van der Waals surface area contributed by atoms with Gasteiger partial charge in [-0.15, -0.1) is 22.7 Å². The van der Waals surface area contributed by atoms with Crippen molar-refractivity contribution in [3.63, 3.8) is 0 Å². The molecule has 0 saturated carbocycles. The number of aromatic nitrogens is 3. The molecule has 0 unspecified atom stereocenters. The Morgan fingerprint density at radius 2 is 2.03 bits per heavy atom. The van der Waals surface area contributed by atoms with Gasteiger partial charge >= 0.3 is 5.69 Å². The van der Waals surface area contributed by atoms with Gasteiger partial charge in [0.2, 0.25) is 5.91 Å². The number of thiophene rings is 1. The molecule has 0 atom stereocenters. The molecule has 0 aliphatic carbocycles. The van der Waals surface area contributed by atoms with Gasteiger partial charge in [-0.05, 0) is 42.8 Å². The summed E-state index contributed by atoms with van der Waals surface area (Å²) < 4.78 is 1.47. The van der Waals surface area contributed by atoms with Crippen molar-refractivity contribution in [1.29, 1.82) is 0 Å². The molecule has 1 aromatic carbocycles. The van der Waals surface area contributed by atoms with Crippen LogP contribution in [-0.2, 0) is 17.8 Å². The van der Waals surface area contributed by atoms with Gasteiger partial charge in [0.1, 0.15) is 22.6 Å². The van der Waals surface area contributed by atoms with Crippen molar-refractivity contribution in [1.82, 2.24) is 14.5 Å². The largest absolute Gasteiger partial charge is 0.349 e. The molecule has 1 aliphatic rings. The Labute approximate surface area is 175 Å². The molecule has 29 heavy (non-hydrogen) atoms. The van der Waals surface area contributed by atoms with Crippen LogP contribution in [0.1, 0.15) is 17.0 Å². The molecular weight excluding hydrogens is 404 g/mol. The van der Waals surface area contributed by atoms with Gasteiger partial charge in [-0.25, -0.2) is 9.78 Å². The minimum Gasteiger partial charge on any atom is -0.311 e. The summed E-state index contributed by atoms with van der Waals surface area (Å²) in [4.78, 5) is 38.3. The molecule has 1 aliphatic heterocycles. The fourth-order valence-corrected chi connectivity index (χ4v) is 5.41. The number of hydrogen-bond donors (Lipinski definition) is 0. The zero-order valence-electron chi connectivity index (χ0n) is 15.8. The third kappa shape index (κ3) is 3.18. The minimum atomic E-state index is -0.414. The van der Waals surface area contributed by atoms with Crippen LogP contribution in [0.4, 0.5) is 5.69 Å². The van der Waals surface area contributed by atoms with Crippen LogP contribution in [0.2, 0.25) is 0 Å². The van der Waals surface area contributed by atoms with E-state index >= 15 is 0 Å². The minimum absolute atomic E-state index is 0.0387. The van der Waals surface area contributed by atoms with E-state index in [-0.39, 0.29) is 12.5 Å². The zero-order chi connectivity index (χ0) is 20.0. The normalized spacial score (nSPS) is 13.6. The van der Waals surface area contributed by atoms with Gasteiger partial charge in [0.05, 0.1) is 9.88 Å². The highest BCUT2D eigenvalue weighted by Gasteiger charge is 2.24. The summed E-state index contributed by atoms with van der Waals surface area (Å²) in [7, 11) is 0. The number of hydrogen-bond acceptors (Lipinski definition) is 6. The predicted molar refractivity (Wildman–Crippen MR) is 117 cm³/mol. The molecular formula is C21H18N4O2S2. The molecule has 0 spiro atoms. The number of amides is 1. The lowest BCUT2D eigenvalue weighted by Gasteiger charge is -2.29. The lowest BCUT2D eigenvalue weighted by molar-refractivity contribution is -0.119. The molecule has 146 valence electrons. The first-order valence-corrected chi connectivity index (χ1v) is 11.1. The molecule has 4 aromatic rings. The van der Waals surface area contributed by atoms with Crippen molar-refractivity contribution < 1.29 is 4.79 Å². The molecule has 5 rings (SSSR count). The Balaban J connectivity index is 1.57. The smallest absolute Gasteiger partial charge is 0.311 e. The van der Waals surface area contributed by atoms with E-state index in [0.29, 0.717) is 22.6 Å². The van der Waals surface area contributed by atoms with E-state index in [1.165, 1.54) is 32.8 Å². The summed E-state index contributed by atoms with van der Waals surface area (Å²) in [5.74, 6) is -0.0997. The van der Waals surface area contributed by atoms with Crippen LogP contribution in [0.15, 0.2) is 46.6 Å². The number of rotatable bonds is 3. The number of nitrogens with zero attached hydrogens (tertiary/aromatic N) is 4. The number of aryl methyl sites for hydroxylation is 2. The highest BCUT2D eigenvalue weighted by atomic mass is 32.1. The predicted octanol–water partition coefficient (Wildman–Crippen LogP) is 3.87. The topological polar surface area (TPSA) is 68.1 Å². The first kappa shape index (κ1) is 18.2. The molecule has 0 saturated heterocycles. The average molecular weight is 423 g/mol. The molecule has 6 nitrogen and oxygen atoms in total. The first-order chi connectivity index (χ1) is 14.1. The van der Waals surface area contributed by atoms with Crippen LogP contribution in [0.5, 0.6) is 0 Å². The maximum atomic E-state index is 13.2. The Morgan fingerprint density at radius 1 is 1.17 bits per heavy atom. The van der Waals surface area contributed by atoms with E-state index in [9.17, 15) is 9.59 Å². The maximum Gasteiger partial charge on any atom is 0.349 e. The molecule has 0 bridgehead atoms. The van der Waals surface area contributed by atoms with E-state index in [1.54, 1.807) is 4.90 Å². The van der Waals surface area contributed by atoms with Gasteiger partial charge < -0.3 is 4.90 Å². The van der Waals surface area contributed by atoms with Crippen LogP contribution in [0.3, 0.4) is 0 Å². The molecule has 0 N–H and O–H groups in total. The summed E-state index contributed by atoms with van der Waals surface area (Å²) in [6.45, 7) is 2.53. The Hall–Kier alpha value is -2.84. The van der Waals surface area contributed by atoms with Gasteiger partial charge in [-0.2, -0.15) is 4.98 Å². The lowest BCUT2D eigenvalue weighted by atomic mass is 10.0. The Kier molecular flexibility index (Phi) is 4.52. The summed E-state index contributed by atoms with van der Waals surface area (Å²) in [5, 5.41) is 2.79. The van der Waals surface area contributed by atoms with E-state index in [1.807, 2.05) is 42.6 Å². The third-order valence-corrected chi connectivity index (χ3v) is 6.95. The highest BCUT2D eigenvalue weighted by molar-refractivity contribution is 7.18. The van der Waals surface area contributed by atoms with Crippen LogP contribution in [0.25, 0.3) is 20.9 Å². The number of anilines is 1. The van der Waals surface area contributed by atoms with Crippen molar-refractivity contribution in [2.45, 2.75) is 26.3 Å². The van der Waals surface area contributed by atoms with Crippen molar-refractivity contribution in [2.75, 3.05) is 11.4 Å². The second-order valence-corrected chi connectivity index (χ2v) is 9.10. The van der Waals surface area contributed by atoms with Gasteiger partial charge in [0, 0.05) is 12.2 Å². The van der Waals surface area contributed by atoms with Crippen molar-refractivity contribution >= 4 is 44.6 Å². The second-order valence-electron chi connectivity index (χ2n) is 6.97. The van der Waals surface area contributed by atoms with Crippen molar-refractivity contribution in [3.05, 3.63) is 62.8 Å². The van der Waals surface area contributed by atoms with Gasteiger partial charge in [0.15, 0.2) is 0 Å². The van der Waals surface area contributed by atoms with Crippen LogP contribution >= 0.6 is 22.7 Å². The summed E-state index contributed by atoms with van der Waals surface area (Å²) in [5.41, 5.74) is 2.97. The van der Waals surface area contributed by atoms with Crippen molar-refractivity contribution in [2.24, 2.45) is 0 Å². The molecule has 0 radical (unpaired) electrons. The molecule has 1 amide bonds. The van der Waals surface area contributed by atoms with Gasteiger partial charge in [-0.3, -0.25) is 9.36 Å².